The lowest BCUT2D eigenvalue weighted by Gasteiger charge is -2.25. The number of imide groups is 1. The van der Waals surface area contributed by atoms with Gasteiger partial charge in [-0.3, -0.25) is 24.1 Å². The molecule has 3 amide bonds. The van der Waals surface area contributed by atoms with E-state index < -0.39 is 11.9 Å². The summed E-state index contributed by atoms with van der Waals surface area (Å²) in [6, 6.07) is 12.6. The largest absolute Gasteiger partial charge is 0.426 e. The van der Waals surface area contributed by atoms with E-state index in [1.54, 1.807) is 29.2 Å². The normalized spacial score (nSPS) is 25.5. The number of carbonyl (C=O) groups is 4. The topological polar surface area (TPSA) is 84.0 Å². The minimum Gasteiger partial charge on any atom is -0.426 e. The van der Waals surface area contributed by atoms with Crippen molar-refractivity contribution < 1.29 is 23.9 Å². The third kappa shape index (κ3) is 4.56. The molecule has 1 aliphatic carbocycles. The molecule has 2 saturated heterocycles. The smallest absolute Gasteiger partial charge is 0.316 e. The van der Waals surface area contributed by atoms with Crippen molar-refractivity contribution in [2.45, 2.75) is 59.3 Å². The highest BCUT2D eigenvalue weighted by molar-refractivity contribution is 6.22. The Labute approximate surface area is 217 Å². The molecule has 4 atom stereocenters. The maximum absolute atomic E-state index is 13.0. The van der Waals surface area contributed by atoms with Crippen molar-refractivity contribution >= 4 is 35.1 Å². The number of benzene rings is 2. The minimum atomic E-state index is -0.561. The molecule has 0 N–H and O–H groups in total. The summed E-state index contributed by atoms with van der Waals surface area (Å²) in [6.07, 6.45) is 4.18. The van der Waals surface area contributed by atoms with E-state index in [0.717, 1.165) is 48.9 Å². The quantitative estimate of drug-likeness (QED) is 0.325. The Balaban J connectivity index is 1.26. The zero-order valence-corrected chi connectivity index (χ0v) is 21.7. The summed E-state index contributed by atoms with van der Waals surface area (Å²) in [4.78, 5) is 54.8. The standard InChI is InChI=1S/C30H34N2O5/c1-4-19-7-6-8-20(5-2)27(19)31-17-21(16-26(31)33)30(36)37-23-12-10-22(11-13-23)32-28(34)24-14-9-18(3)15-25(24)29(32)35/h6-8,10-13,18,21,24-25H,4-5,9,14-17H2,1-3H3/t18-,21+,24+,25-/m0/s1. The number of rotatable bonds is 6. The number of nitrogens with zero attached hydrogens (tertiary/aromatic N) is 2. The number of para-hydroxylation sites is 1. The summed E-state index contributed by atoms with van der Waals surface area (Å²) in [5, 5.41) is 0. The van der Waals surface area contributed by atoms with Gasteiger partial charge in [-0.05, 0) is 73.4 Å². The van der Waals surface area contributed by atoms with Gasteiger partial charge < -0.3 is 9.64 Å². The highest BCUT2D eigenvalue weighted by Gasteiger charge is 2.50. The SMILES string of the molecule is CCc1cccc(CC)c1N1C[C@H](C(=O)Oc2ccc(N3C(=O)[C@H]4C[C@@H](C)CC[C@H]4C3=O)cc2)CC1=O. The van der Waals surface area contributed by atoms with Crippen molar-refractivity contribution in [3.63, 3.8) is 0 Å². The lowest BCUT2D eigenvalue weighted by molar-refractivity contribution is -0.139. The summed E-state index contributed by atoms with van der Waals surface area (Å²) >= 11 is 0. The molecule has 2 aromatic carbocycles. The second-order valence-corrected chi connectivity index (χ2v) is 10.6. The van der Waals surface area contributed by atoms with E-state index >= 15 is 0 Å². The number of ether oxygens (including phenoxy) is 1. The van der Waals surface area contributed by atoms with Gasteiger partial charge in [-0.15, -0.1) is 0 Å². The second kappa shape index (κ2) is 10.1. The van der Waals surface area contributed by atoms with Crippen LogP contribution >= 0.6 is 0 Å². The number of fused-ring (bicyclic) bond motifs is 1. The first-order valence-corrected chi connectivity index (χ1v) is 13.4. The molecule has 2 heterocycles. The van der Waals surface area contributed by atoms with Gasteiger partial charge in [0.2, 0.25) is 17.7 Å². The molecule has 0 bridgehead atoms. The van der Waals surface area contributed by atoms with E-state index in [4.69, 9.17) is 4.74 Å². The van der Waals surface area contributed by atoms with Gasteiger partial charge in [-0.1, -0.05) is 39.0 Å². The molecule has 0 spiro atoms. The van der Waals surface area contributed by atoms with Crippen LogP contribution < -0.4 is 14.5 Å². The highest BCUT2D eigenvalue weighted by Crippen LogP contribution is 2.42. The molecule has 7 heteroatoms. The van der Waals surface area contributed by atoms with E-state index in [0.29, 0.717) is 17.4 Å². The molecule has 3 fully saturated rings. The van der Waals surface area contributed by atoms with Gasteiger partial charge in [-0.2, -0.15) is 0 Å². The predicted octanol–water partition coefficient (Wildman–Crippen LogP) is 4.70. The Bertz CT molecular complexity index is 1210. The zero-order valence-electron chi connectivity index (χ0n) is 21.7. The van der Waals surface area contributed by atoms with Gasteiger partial charge in [0.1, 0.15) is 5.75 Å². The van der Waals surface area contributed by atoms with Crippen LogP contribution in [0, 0.1) is 23.7 Å². The average molecular weight is 503 g/mol. The summed E-state index contributed by atoms with van der Waals surface area (Å²) < 4.78 is 5.62. The van der Waals surface area contributed by atoms with E-state index in [1.165, 1.54) is 4.90 Å². The number of anilines is 2. The van der Waals surface area contributed by atoms with Crippen LogP contribution in [-0.2, 0) is 32.0 Å². The fourth-order valence-electron chi connectivity index (χ4n) is 6.15. The van der Waals surface area contributed by atoms with Gasteiger partial charge in [0.15, 0.2) is 0 Å². The van der Waals surface area contributed by atoms with E-state index in [9.17, 15) is 19.2 Å². The second-order valence-electron chi connectivity index (χ2n) is 10.6. The van der Waals surface area contributed by atoms with Gasteiger partial charge in [-0.25, -0.2) is 0 Å². The van der Waals surface area contributed by atoms with Crippen molar-refractivity contribution in [1.82, 2.24) is 0 Å². The number of hydrogen-bond acceptors (Lipinski definition) is 5. The summed E-state index contributed by atoms with van der Waals surface area (Å²) in [7, 11) is 0. The molecular weight excluding hydrogens is 468 g/mol. The van der Waals surface area contributed by atoms with Gasteiger partial charge in [0.25, 0.3) is 0 Å². The Morgan fingerprint density at radius 2 is 1.57 bits per heavy atom. The molecule has 2 aliphatic heterocycles. The van der Waals surface area contributed by atoms with Crippen LogP contribution in [-0.4, -0.2) is 30.2 Å². The van der Waals surface area contributed by atoms with Crippen LogP contribution in [0.25, 0.3) is 0 Å². The summed E-state index contributed by atoms with van der Waals surface area (Å²) in [6.45, 7) is 6.54. The van der Waals surface area contributed by atoms with Gasteiger partial charge in [0, 0.05) is 18.7 Å². The zero-order chi connectivity index (χ0) is 26.3. The van der Waals surface area contributed by atoms with Crippen LogP contribution in [0.15, 0.2) is 42.5 Å². The van der Waals surface area contributed by atoms with Crippen molar-refractivity contribution in [3.8, 4) is 5.75 Å². The van der Waals surface area contributed by atoms with Crippen LogP contribution in [0.2, 0.25) is 0 Å². The lowest BCUT2D eigenvalue weighted by Crippen LogP contribution is -2.30. The predicted molar refractivity (Wildman–Crippen MR) is 140 cm³/mol. The number of amides is 3. The van der Waals surface area contributed by atoms with Crippen molar-refractivity contribution in [3.05, 3.63) is 53.6 Å². The molecule has 37 heavy (non-hydrogen) atoms. The first kappa shape index (κ1) is 25.2. The molecule has 0 radical (unpaired) electrons. The number of aryl methyl sites for hydroxylation is 2. The minimum absolute atomic E-state index is 0.0743. The fraction of sp³-hybridized carbons (Fsp3) is 0.467. The average Bonchev–Trinajstić information content (AvgIpc) is 3.40. The Kier molecular flexibility index (Phi) is 6.88. The first-order valence-electron chi connectivity index (χ1n) is 13.4. The van der Waals surface area contributed by atoms with E-state index in [1.807, 2.05) is 18.2 Å². The lowest BCUT2D eigenvalue weighted by atomic mass is 9.76. The van der Waals surface area contributed by atoms with Crippen molar-refractivity contribution in [2.75, 3.05) is 16.3 Å². The van der Waals surface area contributed by atoms with E-state index in [2.05, 4.69) is 20.8 Å². The highest BCUT2D eigenvalue weighted by atomic mass is 16.5. The maximum Gasteiger partial charge on any atom is 0.316 e. The molecule has 0 unspecified atom stereocenters. The van der Waals surface area contributed by atoms with Crippen LogP contribution in [0.4, 0.5) is 11.4 Å². The monoisotopic (exact) mass is 502 g/mol. The molecule has 5 rings (SSSR count). The maximum atomic E-state index is 13.0. The molecule has 194 valence electrons. The van der Waals surface area contributed by atoms with Gasteiger partial charge in [0.05, 0.1) is 23.4 Å². The third-order valence-corrected chi connectivity index (χ3v) is 8.19. The first-order chi connectivity index (χ1) is 17.8. The number of carbonyl (C=O) groups excluding carboxylic acids is 4. The van der Waals surface area contributed by atoms with E-state index in [-0.39, 0.29) is 42.5 Å². The van der Waals surface area contributed by atoms with Gasteiger partial charge >= 0.3 is 5.97 Å². The molecule has 1 saturated carbocycles. The van der Waals surface area contributed by atoms with Crippen molar-refractivity contribution in [1.29, 1.82) is 0 Å². The number of esters is 1. The fourth-order valence-corrected chi connectivity index (χ4v) is 6.15. The molecular formula is C30H34N2O5. The number of hydrogen-bond donors (Lipinski definition) is 0. The molecule has 2 aromatic rings. The molecule has 0 aromatic heterocycles. The van der Waals surface area contributed by atoms with Crippen LogP contribution in [0.1, 0.15) is 57.6 Å². The Morgan fingerprint density at radius 3 is 2.22 bits per heavy atom. The van der Waals surface area contributed by atoms with Crippen LogP contribution in [0.5, 0.6) is 5.75 Å². The third-order valence-electron chi connectivity index (χ3n) is 8.19. The summed E-state index contributed by atoms with van der Waals surface area (Å²) in [5.74, 6) is -1.04. The Hall–Kier alpha value is -3.48. The molecule has 7 nitrogen and oxygen atoms in total. The van der Waals surface area contributed by atoms with Crippen molar-refractivity contribution in [2.24, 2.45) is 23.7 Å². The summed E-state index contributed by atoms with van der Waals surface area (Å²) in [5.41, 5.74) is 3.62. The molecule has 3 aliphatic rings. The van der Waals surface area contributed by atoms with Crippen LogP contribution in [0.3, 0.4) is 0 Å². The Morgan fingerprint density at radius 1 is 0.919 bits per heavy atom.